The minimum absolute atomic E-state index is 0.0410. The zero-order chi connectivity index (χ0) is 17.9. The smallest absolute Gasteiger partial charge is 0.326 e. The average molecular weight is 339 g/mol. The van der Waals surface area contributed by atoms with Crippen LogP contribution in [0.1, 0.15) is 80.1 Å². The van der Waals surface area contributed by atoms with Crippen LogP contribution in [-0.4, -0.2) is 33.3 Å². The number of nitrogens with zero attached hydrogens (tertiary/aromatic N) is 3. The first kappa shape index (κ1) is 20.5. The molecule has 1 aromatic heterocycles. The minimum Gasteiger partial charge on any atom is -0.460 e. The molecule has 0 aliphatic heterocycles. The van der Waals surface area contributed by atoms with E-state index in [0.29, 0.717) is 0 Å². The number of aromatic nitrogens is 3. The highest BCUT2D eigenvalue weighted by atomic mass is 16.5. The van der Waals surface area contributed by atoms with E-state index in [2.05, 4.69) is 35.7 Å². The fourth-order valence-electron chi connectivity index (χ4n) is 2.41. The van der Waals surface area contributed by atoms with Crippen molar-refractivity contribution in [3.8, 4) is 18.0 Å². The van der Waals surface area contributed by atoms with E-state index in [4.69, 9.17) is 14.2 Å². The van der Waals surface area contributed by atoms with Crippen molar-refractivity contribution in [3.63, 3.8) is 0 Å². The molecule has 1 aromatic rings. The molecule has 0 fully saturated rings. The predicted octanol–water partition coefficient (Wildman–Crippen LogP) is 4.57. The molecule has 3 atom stereocenters. The maximum absolute atomic E-state index is 5.80. The highest BCUT2D eigenvalue weighted by Gasteiger charge is 2.16. The van der Waals surface area contributed by atoms with Gasteiger partial charge in [0.05, 0.1) is 18.3 Å². The zero-order valence-electron chi connectivity index (χ0n) is 16.0. The van der Waals surface area contributed by atoms with Crippen LogP contribution in [-0.2, 0) is 0 Å². The molecule has 6 heteroatoms. The second kappa shape index (κ2) is 11.0. The van der Waals surface area contributed by atoms with Crippen molar-refractivity contribution < 1.29 is 14.2 Å². The van der Waals surface area contributed by atoms with Crippen molar-refractivity contribution in [2.75, 3.05) is 0 Å². The standard InChI is InChI=1S/C18H33N3O3/c1-7-10-13(4)22-16-19-17(23-14(5)11-8-2)21-18(20-16)24-15(6)12-9-3/h13-15H,7-12H2,1-6H3. The van der Waals surface area contributed by atoms with E-state index in [1.54, 1.807) is 0 Å². The zero-order valence-corrected chi connectivity index (χ0v) is 16.0. The van der Waals surface area contributed by atoms with E-state index in [1.165, 1.54) is 0 Å². The summed E-state index contributed by atoms with van der Waals surface area (Å²) in [5.74, 6) is 0. The summed E-state index contributed by atoms with van der Waals surface area (Å²) >= 11 is 0. The second-order valence-corrected chi connectivity index (χ2v) is 6.33. The van der Waals surface area contributed by atoms with Gasteiger partial charge >= 0.3 is 18.0 Å². The molecular weight excluding hydrogens is 306 g/mol. The molecule has 1 heterocycles. The lowest BCUT2D eigenvalue weighted by Gasteiger charge is -2.17. The first-order valence-corrected chi connectivity index (χ1v) is 9.24. The van der Waals surface area contributed by atoms with Gasteiger partial charge in [-0.2, -0.15) is 0 Å². The number of ether oxygens (including phenoxy) is 3. The van der Waals surface area contributed by atoms with E-state index in [1.807, 2.05) is 20.8 Å². The van der Waals surface area contributed by atoms with Crippen LogP contribution in [0.5, 0.6) is 18.0 Å². The van der Waals surface area contributed by atoms with E-state index in [-0.39, 0.29) is 36.3 Å². The van der Waals surface area contributed by atoms with Gasteiger partial charge in [-0.05, 0) is 40.0 Å². The molecule has 0 bridgehead atoms. The van der Waals surface area contributed by atoms with Gasteiger partial charge < -0.3 is 14.2 Å². The highest BCUT2D eigenvalue weighted by Crippen LogP contribution is 2.20. The lowest BCUT2D eigenvalue weighted by Crippen LogP contribution is -2.19. The van der Waals surface area contributed by atoms with Crippen LogP contribution in [0.3, 0.4) is 0 Å². The third kappa shape index (κ3) is 7.79. The summed E-state index contributed by atoms with van der Waals surface area (Å²) in [5, 5.41) is 0. The van der Waals surface area contributed by atoms with Crippen molar-refractivity contribution in [2.45, 2.75) is 98.4 Å². The molecule has 3 unspecified atom stereocenters. The lowest BCUT2D eigenvalue weighted by atomic mass is 10.2. The molecule has 138 valence electrons. The molecular formula is C18H33N3O3. The van der Waals surface area contributed by atoms with Crippen molar-refractivity contribution >= 4 is 0 Å². The molecule has 6 nitrogen and oxygen atoms in total. The quantitative estimate of drug-likeness (QED) is 0.555. The predicted molar refractivity (Wildman–Crippen MR) is 94.8 cm³/mol. The maximum atomic E-state index is 5.80. The Morgan fingerprint density at radius 3 is 1.04 bits per heavy atom. The largest absolute Gasteiger partial charge is 0.460 e. The summed E-state index contributed by atoms with van der Waals surface area (Å²) in [6.07, 6.45) is 6.07. The summed E-state index contributed by atoms with van der Waals surface area (Å²) in [7, 11) is 0. The Kier molecular flexibility index (Phi) is 9.42. The van der Waals surface area contributed by atoms with Gasteiger partial charge in [-0.15, -0.1) is 15.0 Å². The molecule has 0 saturated carbocycles. The molecule has 0 spiro atoms. The van der Waals surface area contributed by atoms with Crippen molar-refractivity contribution in [2.24, 2.45) is 0 Å². The monoisotopic (exact) mass is 339 g/mol. The van der Waals surface area contributed by atoms with Crippen LogP contribution < -0.4 is 14.2 Å². The van der Waals surface area contributed by atoms with Gasteiger partial charge in [0.2, 0.25) is 0 Å². The van der Waals surface area contributed by atoms with Crippen molar-refractivity contribution in [1.29, 1.82) is 0 Å². The fourth-order valence-corrected chi connectivity index (χ4v) is 2.41. The van der Waals surface area contributed by atoms with Crippen molar-refractivity contribution in [3.05, 3.63) is 0 Å². The Morgan fingerprint density at radius 2 is 0.833 bits per heavy atom. The summed E-state index contributed by atoms with van der Waals surface area (Å²) in [4.78, 5) is 12.9. The molecule has 0 aromatic carbocycles. The van der Waals surface area contributed by atoms with E-state index < -0.39 is 0 Å². The lowest BCUT2D eigenvalue weighted by molar-refractivity contribution is 0.149. The second-order valence-electron chi connectivity index (χ2n) is 6.33. The van der Waals surface area contributed by atoms with Gasteiger partial charge in [-0.25, -0.2) is 0 Å². The fraction of sp³-hybridized carbons (Fsp3) is 0.833. The minimum atomic E-state index is 0.0410. The number of hydrogen-bond acceptors (Lipinski definition) is 6. The van der Waals surface area contributed by atoms with Crippen LogP contribution in [0.4, 0.5) is 0 Å². The number of hydrogen-bond donors (Lipinski definition) is 0. The van der Waals surface area contributed by atoms with Gasteiger partial charge in [0.1, 0.15) is 0 Å². The molecule has 0 radical (unpaired) electrons. The maximum Gasteiger partial charge on any atom is 0.326 e. The summed E-state index contributed by atoms with van der Waals surface area (Å²) < 4.78 is 17.4. The Labute approximate surface area is 146 Å². The summed E-state index contributed by atoms with van der Waals surface area (Å²) in [6, 6.07) is 0.801. The molecule has 0 N–H and O–H groups in total. The topological polar surface area (TPSA) is 66.4 Å². The van der Waals surface area contributed by atoms with Gasteiger partial charge in [0, 0.05) is 0 Å². The molecule has 0 saturated heterocycles. The van der Waals surface area contributed by atoms with Crippen LogP contribution in [0.25, 0.3) is 0 Å². The first-order chi connectivity index (χ1) is 11.5. The molecule has 0 amide bonds. The third-order valence-electron chi connectivity index (χ3n) is 3.58. The molecule has 0 aliphatic carbocycles. The summed E-state index contributed by atoms with van der Waals surface area (Å²) in [5.41, 5.74) is 0. The van der Waals surface area contributed by atoms with Gasteiger partial charge in [-0.3, -0.25) is 0 Å². The van der Waals surface area contributed by atoms with Crippen molar-refractivity contribution in [1.82, 2.24) is 15.0 Å². The Hall–Kier alpha value is -1.59. The Morgan fingerprint density at radius 1 is 0.583 bits per heavy atom. The average Bonchev–Trinajstić information content (AvgIpc) is 2.47. The summed E-state index contributed by atoms with van der Waals surface area (Å²) in [6.45, 7) is 12.4. The van der Waals surface area contributed by atoms with E-state index >= 15 is 0 Å². The van der Waals surface area contributed by atoms with Gasteiger partial charge in [0.15, 0.2) is 0 Å². The Bertz CT molecular complexity index is 392. The van der Waals surface area contributed by atoms with Crippen LogP contribution >= 0.6 is 0 Å². The molecule has 24 heavy (non-hydrogen) atoms. The van der Waals surface area contributed by atoms with E-state index in [9.17, 15) is 0 Å². The van der Waals surface area contributed by atoms with E-state index in [0.717, 1.165) is 38.5 Å². The molecule has 0 aliphatic rings. The molecule has 1 rings (SSSR count). The third-order valence-corrected chi connectivity index (χ3v) is 3.58. The normalized spacial score (nSPS) is 14.8. The van der Waals surface area contributed by atoms with Crippen LogP contribution in [0.2, 0.25) is 0 Å². The SMILES string of the molecule is CCCC(C)Oc1nc(OC(C)CCC)nc(OC(C)CCC)n1. The first-order valence-electron chi connectivity index (χ1n) is 9.24. The number of rotatable bonds is 12. The van der Waals surface area contributed by atoms with Gasteiger partial charge in [-0.1, -0.05) is 40.0 Å². The Balaban J connectivity index is 2.91. The van der Waals surface area contributed by atoms with Gasteiger partial charge in [0.25, 0.3) is 0 Å². The highest BCUT2D eigenvalue weighted by molar-refractivity contribution is 5.09. The van der Waals surface area contributed by atoms with Crippen LogP contribution in [0.15, 0.2) is 0 Å². The van der Waals surface area contributed by atoms with Crippen LogP contribution in [0, 0.1) is 0 Å².